The van der Waals surface area contributed by atoms with E-state index in [0.29, 0.717) is 12.1 Å². The number of amides is 1. The summed E-state index contributed by atoms with van der Waals surface area (Å²) < 4.78 is 15.2. The van der Waals surface area contributed by atoms with E-state index >= 15 is 0 Å². The maximum atomic E-state index is 12.0. The largest absolute Gasteiger partial charge is 0.364 e. The molecule has 0 bridgehead atoms. The maximum absolute atomic E-state index is 12.0. The minimum absolute atomic E-state index is 0.259. The number of benzene rings is 1. The van der Waals surface area contributed by atoms with Crippen molar-refractivity contribution in [2.45, 2.75) is 19.8 Å². The highest BCUT2D eigenvalue weighted by atomic mass is 32.2. The Balaban J connectivity index is 2.09. The molecule has 0 radical (unpaired) electrons. The molecule has 0 aliphatic heterocycles. The van der Waals surface area contributed by atoms with E-state index in [9.17, 15) is 9.18 Å². The minimum atomic E-state index is -0.450. The lowest BCUT2D eigenvalue weighted by molar-refractivity contribution is 0.0996. The van der Waals surface area contributed by atoms with Gasteiger partial charge in [-0.3, -0.25) is 9.18 Å². The first-order valence-electron chi connectivity index (χ1n) is 6.49. The SMILES string of the molecule is Cc1c(C(N)=O)[nH]c2ccc(NSCCCCF)cc12. The van der Waals surface area contributed by atoms with E-state index in [1.807, 2.05) is 25.1 Å². The third-order valence-electron chi connectivity index (χ3n) is 3.12. The van der Waals surface area contributed by atoms with E-state index in [1.54, 1.807) is 11.9 Å². The first kappa shape index (κ1) is 14.7. The molecule has 0 spiro atoms. The molecule has 1 aromatic carbocycles. The number of hydrogen-bond acceptors (Lipinski definition) is 3. The highest BCUT2D eigenvalue weighted by molar-refractivity contribution is 8.00. The zero-order valence-electron chi connectivity index (χ0n) is 11.3. The van der Waals surface area contributed by atoms with Crippen LogP contribution >= 0.6 is 11.9 Å². The van der Waals surface area contributed by atoms with Crippen molar-refractivity contribution in [1.29, 1.82) is 0 Å². The van der Waals surface area contributed by atoms with Crippen LogP contribution in [0.4, 0.5) is 10.1 Å². The Hall–Kier alpha value is -1.69. The lowest BCUT2D eigenvalue weighted by Crippen LogP contribution is -2.12. The van der Waals surface area contributed by atoms with Gasteiger partial charge >= 0.3 is 0 Å². The molecule has 20 heavy (non-hydrogen) atoms. The molecule has 2 rings (SSSR count). The summed E-state index contributed by atoms with van der Waals surface area (Å²) in [7, 11) is 0. The summed E-state index contributed by atoms with van der Waals surface area (Å²) in [6.45, 7) is 1.61. The summed E-state index contributed by atoms with van der Waals surface area (Å²) in [6, 6.07) is 5.83. The summed E-state index contributed by atoms with van der Waals surface area (Å²) in [6.07, 6.45) is 1.46. The Kier molecular flexibility index (Phi) is 4.89. The number of anilines is 1. The van der Waals surface area contributed by atoms with Crippen molar-refractivity contribution < 1.29 is 9.18 Å². The van der Waals surface area contributed by atoms with Crippen molar-refractivity contribution >= 4 is 34.4 Å². The zero-order chi connectivity index (χ0) is 14.5. The Morgan fingerprint density at radius 3 is 2.95 bits per heavy atom. The topological polar surface area (TPSA) is 70.9 Å². The Labute approximate surface area is 121 Å². The molecule has 0 aliphatic carbocycles. The van der Waals surface area contributed by atoms with Gasteiger partial charge in [-0.1, -0.05) is 11.9 Å². The molecular weight excluding hydrogens is 277 g/mol. The molecule has 0 saturated carbocycles. The van der Waals surface area contributed by atoms with Crippen LogP contribution in [0.3, 0.4) is 0 Å². The first-order valence-corrected chi connectivity index (χ1v) is 7.48. The molecule has 1 amide bonds. The van der Waals surface area contributed by atoms with Crippen LogP contribution in [-0.4, -0.2) is 23.3 Å². The number of aryl methyl sites for hydroxylation is 1. The van der Waals surface area contributed by atoms with Gasteiger partial charge in [0.1, 0.15) is 5.69 Å². The van der Waals surface area contributed by atoms with Crippen molar-refractivity contribution in [3.63, 3.8) is 0 Å². The molecule has 0 aliphatic rings. The van der Waals surface area contributed by atoms with Crippen molar-refractivity contribution in [3.05, 3.63) is 29.5 Å². The number of H-pyrrole nitrogens is 1. The number of nitrogens with two attached hydrogens (primary N) is 1. The second-order valence-electron chi connectivity index (χ2n) is 4.60. The normalized spacial score (nSPS) is 10.9. The monoisotopic (exact) mass is 295 g/mol. The quantitative estimate of drug-likeness (QED) is 0.541. The van der Waals surface area contributed by atoms with Crippen LogP contribution in [-0.2, 0) is 0 Å². The average Bonchev–Trinajstić information content (AvgIpc) is 2.76. The number of fused-ring (bicyclic) bond motifs is 1. The highest BCUT2D eigenvalue weighted by Crippen LogP contribution is 2.26. The van der Waals surface area contributed by atoms with Crippen LogP contribution in [0.5, 0.6) is 0 Å². The van der Waals surface area contributed by atoms with E-state index in [-0.39, 0.29) is 6.67 Å². The first-order chi connectivity index (χ1) is 9.63. The highest BCUT2D eigenvalue weighted by Gasteiger charge is 2.12. The summed E-state index contributed by atoms with van der Waals surface area (Å²) in [5, 5.41) is 0.980. The number of carbonyl (C=O) groups is 1. The second kappa shape index (κ2) is 6.65. The standard InChI is InChI=1S/C14H18FN3OS/c1-9-11-8-10(18-20-7-3-2-6-15)4-5-12(11)17-13(9)14(16)19/h4-5,8,17-18H,2-3,6-7H2,1H3,(H2,16,19). The number of aromatic nitrogens is 1. The lowest BCUT2D eigenvalue weighted by Gasteiger charge is -2.05. The van der Waals surface area contributed by atoms with Gasteiger partial charge in [-0.15, -0.1) is 0 Å². The third-order valence-corrected chi connectivity index (χ3v) is 4.00. The van der Waals surface area contributed by atoms with Gasteiger partial charge in [0.2, 0.25) is 0 Å². The molecule has 2 aromatic rings. The lowest BCUT2D eigenvalue weighted by atomic mass is 10.1. The van der Waals surface area contributed by atoms with Gasteiger partial charge in [0, 0.05) is 22.3 Å². The molecule has 0 saturated heterocycles. The van der Waals surface area contributed by atoms with E-state index < -0.39 is 5.91 Å². The van der Waals surface area contributed by atoms with Gasteiger partial charge in [-0.2, -0.15) is 0 Å². The van der Waals surface area contributed by atoms with Crippen molar-refractivity contribution in [3.8, 4) is 0 Å². The number of nitrogens with one attached hydrogen (secondary N) is 2. The van der Waals surface area contributed by atoms with E-state index in [0.717, 1.165) is 34.3 Å². The van der Waals surface area contributed by atoms with Crippen LogP contribution in [0.1, 0.15) is 28.9 Å². The van der Waals surface area contributed by atoms with Gasteiger partial charge < -0.3 is 15.4 Å². The number of unbranched alkanes of at least 4 members (excludes halogenated alkanes) is 1. The molecule has 0 fully saturated rings. The fraction of sp³-hybridized carbons (Fsp3) is 0.357. The number of rotatable bonds is 7. The Morgan fingerprint density at radius 1 is 1.45 bits per heavy atom. The van der Waals surface area contributed by atoms with Gasteiger partial charge in [0.05, 0.1) is 6.67 Å². The molecule has 6 heteroatoms. The van der Waals surface area contributed by atoms with E-state index in [4.69, 9.17) is 5.73 Å². The van der Waals surface area contributed by atoms with Crippen LogP contribution in [0.2, 0.25) is 0 Å². The van der Waals surface area contributed by atoms with Crippen molar-refractivity contribution in [2.75, 3.05) is 17.1 Å². The van der Waals surface area contributed by atoms with Gasteiger partial charge in [-0.05, 0) is 43.5 Å². The van der Waals surface area contributed by atoms with Gasteiger partial charge in [0.15, 0.2) is 0 Å². The van der Waals surface area contributed by atoms with Gasteiger partial charge in [-0.25, -0.2) is 0 Å². The van der Waals surface area contributed by atoms with E-state index in [1.165, 1.54) is 0 Å². The third kappa shape index (κ3) is 3.25. The molecule has 1 aromatic heterocycles. The molecule has 108 valence electrons. The fourth-order valence-electron chi connectivity index (χ4n) is 2.04. The van der Waals surface area contributed by atoms with Crippen LogP contribution in [0, 0.1) is 6.92 Å². The summed E-state index contributed by atoms with van der Waals surface area (Å²) in [5.41, 5.74) is 8.49. The number of aromatic amines is 1. The van der Waals surface area contributed by atoms with Crippen LogP contribution in [0.25, 0.3) is 10.9 Å². The van der Waals surface area contributed by atoms with Gasteiger partial charge in [0.25, 0.3) is 5.91 Å². The van der Waals surface area contributed by atoms with Crippen LogP contribution in [0.15, 0.2) is 18.2 Å². The summed E-state index contributed by atoms with van der Waals surface area (Å²) in [4.78, 5) is 14.3. The molecule has 4 N–H and O–H groups in total. The van der Waals surface area contributed by atoms with Crippen molar-refractivity contribution in [2.24, 2.45) is 5.73 Å². The minimum Gasteiger partial charge on any atom is -0.364 e. The Morgan fingerprint density at radius 2 is 2.25 bits per heavy atom. The molecular formula is C14H18FN3OS. The van der Waals surface area contributed by atoms with E-state index in [2.05, 4.69) is 9.71 Å². The number of halogens is 1. The fourth-order valence-corrected chi connectivity index (χ4v) is 2.78. The summed E-state index contributed by atoms with van der Waals surface area (Å²) in [5.74, 6) is 0.412. The second-order valence-corrected chi connectivity index (χ2v) is 5.50. The van der Waals surface area contributed by atoms with Crippen LogP contribution < -0.4 is 10.5 Å². The number of alkyl halides is 1. The smallest absolute Gasteiger partial charge is 0.265 e. The predicted octanol–water partition coefficient (Wildman–Crippen LogP) is 3.39. The summed E-state index contributed by atoms with van der Waals surface area (Å²) >= 11 is 1.56. The maximum Gasteiger partial charge on any atom is 0.265 e. The predicted molar refractivity (Wildman–Crippen MR) is 82.8 cm³/mol. The molecule has 0 unspecified atom stereocenters. The van der Waals surface area contributed by atoms with Crippen molar-refractivity contribution in [1.82, 2.24) is 4.98 Å². The number of carbonyl (C=O) groups excluding carboxylic acids is 1. The number of hydrogen-bond donors (Lipinski definition) is 3. The molecule has 1 heterocycles. The zero-order valence-corrected chi connectivity index (χ0v) is 12.1. The molecule has 4 nitrogen and oxygen atoms in total. The Bertz CT molecular complexity index is 612. The number of primary amides is 1. The average molecular weight is 295 g/mol. The molecule has 0 atom stereocenters.